The molecule has 0 spiro atoms. The second-order valence-corrected chi connectivity index (χ2v) is 5.67. The zero-order valence-electron chi connectivity index (χ0n) is 10.6. The van der Waals surface area contributed by atoms with E-state index in [2.05, 4.69) is 10.4 Å². The van der Waals surface area contributed by atoms with Gasteiger partial charge in [-0.1, -0.05) is 11.6 Å². The van der Waals surface area contributed by atoms with Gasteiger partial charge in [0.05, 0.1) is 11.3 Å². The van der Waals surface area contributed by atoms with Crippen LogP contribution in [0.4, 0.5) is 0 Å². The number of hydrogen-bond donors (Lipinski definition) is 2. The number of rotatable bonds is 5. The van der Waals surface area contributed by atoms with E-state index in [0.29, 0.717) is 24.2 Å². The van der Waals surface area contributed by atoms with Crippen LogP contribution >= 0.6 is 11.6 Å². The first-order chi connectivity index (χ1) is 7.89. The smallest absolute Gasteiger partial charge is 0.130 e. The summed E-state index contributed by atoms with van der Waals surface area (Å²) in [6.45, 7) is 4.36. The van der Waals surface area contributed by atoms with E-state index in [0.717, 1.165) is 11.3 Å². The Kier molecular flexibility index (Phi) is 3.48. The van der Waals surface area contributed by atoms with Crippen molar-refractivity contribution in [2.75, 3.05) is 6.54 Å². The van der Waals surface area contributed by atoms with Crippen molar-refractivity contribution in [2.24, 2.45) is 7.05 Å². The molecule has 1 unspecified atom stereocenters. The van der Waals surface area contributed by atoms with Gasteiger partial charge < -0.3 is 10.4 Å². The van der Waals surface area contributed by atoms with Gasteiger partial charge in [0.1, 0.15) is 5.15 Å². The van der Waals surface area contributed by atoms with Crippen molar-refractivity contribution >= 4 is 11.6 Å². The minimum absolute atomic E-state index is 0.533. The molecular formula is C12H20ClN3O. The average Bonchev–Trinajstić information content (AvgIpc) is 3.02. The molecular weight excluding hydrogens is 238 g/mol. The predicted molar refractivity (Wildman–Crippen MR) is 68.3 cm³/mol. The van der Waals surface area contributed by atoms with Gasteiger partial charge in [0.25, 0.3) is 0 Å². The lowest BCUT2D eigenvalue weighted by Crippen LogP contribution is -2.40. The molecule has 0 bridgehead atoms. The van der Waals surface area contributed by atoms with Gasteiger partial charge in [-0.05, 0) is 26.7 Å². The normalized spacial score (nSPS) is 19.4. The molecule has 0 saturated heterocycles. The molecule has 0 amide bonds. The van der Waals surface area contributed by atoms with Crippen molar-refractivity contribution in [3.8, 4) is 0 Å². The van der Waals surface area contributed by atoms with E-state index in [-0.39, 0.29) is 0 Å². The summed E-state index contributed by atoms with van der Waals surface area (Å²) < 4.78 is 1.65. The average molecular weight is 258 g/mol. The van der Waals surface area contributed by atoms with E-state index >= 15 is 0 Å². The molecule has 17 heavy (non-hydrogen) atoms. The first kappa shape index (κ1) is 12.9. The Labute approximate surface area is 107 Å². The van der Waals surface area contributed by atoms with Crippen LogP contribution < -0.4 is 5.32 Å². The number of nitrogens with zero attached hydrogens (tertiary/aromatic N) is 2. The molecule has 0 radical (unpaired) electrons. The number of aliphatic hydroxyl groups is 1. The second-order valence-electron chi connectivity index (χ2n) is 5.31. The Morgan fingerprint density at radius 2 is 2.24 bits per heavy atom. The lowest BCUT2D eigenvalue weighted by Gasteiger charge is -2.23. The minimum atomic E-state index is -0.778. The van der Waals surface area contributed by atoms with Crippen LogP contribution in [0.2, 0.25) is 5.15 Å². The third-order valence-electron chi connectivity index (χ3n) is 3.18. The first-order valence-electron chi connectivity index (χ1n) is 6.03. The second kappa shape index (κ2) is 4.59. The fourth-order valence-corrected chi connectivity index (χ4v) is 2.21. The molecule has 1 fully saturated rings. The summed E-state index contributed by atoms with van der Waals surface area (Å²) in [5.74, 6) is 0. The van der Waals surface area contributed by atoms with Crippen LogP contribution in [0.5, 0.6) is 0 Å². The highest BCUT2D eigenvalue weighted by atomic mass is 35.5. The standard InChI is InChI=1S/C12H20ClN3O/c1-8-10(11(13)16(3)15-8)6-12(2,17)7-14-9-4-5-9/h9,14,17H,4-7H2,1-3H3. The first-order valence-corrected chi connectivity index (χ1v) is 6.40. The van der Waals surface area contributed by atoms with Crippen molar-refractivity contribution in [1.29, 1.82) is 0 Å². The molecule has 1 heterocycles. The Morgan fingerprint density at radius 1 is 1.59 bits per heavy atom. The third-order valence-corrected chi connectivity index (χ3v) is 3.65. The summed E-state index contributed by atoms with van der Waals surface area (Å²) in [4.78, 5) is 0. The highest BCUT2D eigenvalue weighted by Gasteiger charge is 2.28. The van der Waals surface area contributed by atoms with Crippen molar-refractivity contribution in [3.63, 3.8) is 0 Å². The fourth-order valence-electron chi connectivity index (χ4n) is 1.97. The number of halogens is 1. The molecule has 96 valence electrons. The predicted octanol–water partition coefficient (Wildman–Crippen LogP) is 1.43. The fraction of sp³-hybridized carbons (Fsp3) is 0.750. The maximum absolute atomic E-state index is 10.3. The number of aromatic nitrogens is 2. The van der Waals surface area contributed by atoms with Crippen molar-refractivity contribution < 1.29 is 5.11 Å². The van der Waals surface area contributed by atoms with E-state index in [9.17, 15) is 5.11 Å². The van der Waals surface area contributed by atoms with Crippen LogP contribution in [0.25, 0.3) is 0 Å². The molecule has 5 heteroatoms. The molecule has 4 nitrogen and oxygen atoms in total. The minimum Gasteiger partial charge on any atom is -0.389 e. The van der Waals surface area contributed by atoms with E-state index in [1.807, 2.05) is 20.9 Å². The highest BCUT2D eigenvalue weighted by molar-refractivity contribution is 6.30. The molecule has 2 N–H and O–H groups in total. The van der Waals surface area contributed by atoms with Gasteiger partial charge >= 0.3 is 0 Å². The summed E-state index contributed by atoms with van der Waals surface area (Å²) >= 11 is 6.16. The lowest BCUT2D eigenvalue weighted by atomic mass is 9.97. The van der Waals surface area contributed by atoms with Crippen LogP contribution in [0.3, 0.4) is 0 Å². The van der Waals surface area contributed by atoms with Gasteiger partial charge in [-0.15, -0.1) is 0 Å². The number of nitrogens with one attached hydrogen (secondary N) is 1. The van der Waals surface area contributed by atoms with Gasteiger partial charge in [0.2, 0.25) is 0 Å². The van der Waals surface area contributed by atoms with E-state index in [1.54, 1.807) is 4.68 Å². The van der Waals surface area contributed by atoms with E-state index in [4.69, 9.17) is 11.6 Å². The molecule has 0 aromatic carbocycles. The zero-order chi connectivity index (χ0) is 12.6. The summed E-state index contributed by atoms with van der Waals surface area (Å²) in [5, 5.41) is 18.6. The maximum Gasteiger partial charge on any atom is 0.130 e. The topological polar surface area (TPSA) is 50.1 Å². The van der Waals surface area contributed by atoms with Crippen molar-refractivity contribution in [1.82, 2.24) is 15.1 Å². The van der Waals surface area contributed by atoms with Gasteiger partial charge in [0.15, 0.2) is 0 Å². The SMILES string of the molecule is Cc1nn(C)c(Cl)c1CC(C)(O)CNC1CC1. The van der Waals surface area contributed by atoms with Gasteiger partial charge in [-0.3, -0.25) is 4.68 Å². The zero-order valence-corrected chi connectivity index (χ0v) is 11.4. The van der Waals surface area contributed by atoms with Crippen molar-refractivity contribution in [2.45, 2.75) is 44.8 Å². The molecule has 1 atom stereocenters. The highest BCUT2D eigenvalue weighted by Crippen LogP contribution is 2.25. The van der Waals surface area contributed by atoms with Crippen LogP contribution in [-0.2, 0) is 13.5 Å². The van der Waals surface area contributed by atoms with Crippen LogP contribution in [0, 0.1) is 6.92 Å². The molecule has 1 aliphatic rings. The Morgan fingerprint density at radius 3 is 2.71 bits per heavy atom. The monoisotopic (exact) mass is 257 g/mol. The molecule has 1 aromatic heterocycles. The van der Waals surface area contributed by atoms with Crippen LogP contribution in [0.15, 0.2) is 0 Å². The quantitative estimate of drug-likeness (QED) is 0.839. The molecule has 1 aliphatic carbocycles. The van der Waals surface area contributed by atoms with Crippen molar-refractivity contribution in [3.05, 3.63) is 16.4 Å². The largest absolute Gasteiger partial charge is 0.389 e. The molecule has 2 rings (SSSR count). The lowest BCUT2D eigenvalue weighted by molar-refractivity contribution is 0.0596. The molecule has 0 aliphatic heterocycles. The number of aryl methyl sites for hydroxylation is 2. The Balaban J connectivity index is 2.01. The summed E-state index contributed by atoms with van der Waals surface area (Å²) in [5.41, 5.74) is 1.06. The Hall–Kier alpha value is -0.580. The van der Waals surface area contributed by atoms with E-state index < -0.39 is 5.60 Å². The van der Waals surface area contributed by atoms with Gasteiger partial charge in [-0.2, -0.15) is 5.10 Å². The maximum atomic E-state index is 10.3. The summed E-state index contributed by atoms with van der Waals surface area (Å²) in [6.07, 6.45) is 2.98. The molecule has 1 aromatic rings. The Bertz CT molecular complexity index is 410. The third kappa shape index (κ3) is 3.21. The van der Waals surface area contributed by atoms with Crippen LogP contribution in [0.1, 0.15) is 31.0 Å². The van der Waals surface area contributed by atoms with Gasteiger partial charge in [0, 0.05) is 31.6 Å². The molecule has 1 saturated carbocycles. The van der Waals surface area contributed by atoms with Gasteiger partial charge in [-0.25, -0.2) is 0 Å². The van der Waals surface area contributed by atoms with E-state index in [1.165, 1.54) is 12.8 Å². The summed E-state index contributed by atoms with van der Waals surface area (Å²) in [6, 6.07) is 0.604. The number of hydrogen-bond acceptors (Lipinski definition) is 3. The summed E-state index contributed by atoms with van der Waals surface area (Å²) in [7, 11) is 1.82. The van der Waals surface area contributed by atoms with Crippen LogP contribution in [-0.4, -0.2) is 33.1 Å².